The van der Waals surface area contributed by atoms with E-state index in [0.29, 0.717) is 11.2 Å². The van der Waals surface area contributed by atoms with E-state index in [2.05, 4.69) is 25.2 Å². The molecule has 0 saturated carbocycles. The number of carbonyl (C=O) groups excluding carboxylic acids is 2. The van der Waals surface area contributed by atoms with Crippen LogP contribution in [-0.4, -0.2) is 56.6 Å². The number of ether oxygens (including phenoxy) is 1. The number of imidazole rings is 1. The number of esters is 1. The summed E-state index contributed by atoms with van der Waals surface area (Å²) in [6.07, 6.45) is 2.20. The maximum atomic E-state index is 13.8. The molecule has 2 aromatic heterocycles. The van der Waals surface area contributed by atoms with E-state index in [-0.39, 0.29) is 49.9 Å². The molecule has 3 rings (SSSR count). The SMILES string of the molecule is CC(C)OC(=O)[C@H](CCC(=O)CN=N)NP(=O)(OCCn1cnc2c(N)ncnc21)Oc1ccccc1. The first-order valence-corrected chi connectivity index (χ1v) is 13.0. The van der Waals surface area contributed by atoms with Crippen molar-refractivity contribution < 1.29 is 27.9 Å². The van der Waals surface area contributed by atoms with Crippen LogP contribution in [0.3, 0.4) is 0 Å². The van der Waals surface area contributed by atoms with E-state index in [1.807, 2.05) is 0 Å². The Kier molecular flexibility index (Phi) is 9.78. The fourth-order valence-corrected chi connectivity index (χ4v) is 4.76. The summed E-state index contributed by atoms with van der Waals surface area (Å²) in [6.45, 7) is 3.09. The second-order valence-corrected chi connectivity index (χ2v) is 9.86. The molecule has 0 aliphatic heterocycles. The zero-order valence-corrected chi connectivity index (χ0v) is 21.3. The number of rotatable bonds is 15. The molecule has 0 amide bonds. The number of nitrogens with one attached hydrogen (secondary N) is 2. The molecule has 0 fully saturated rings. The molecular formula is C22H29N8O6P. The van der Waals surface area contributed by atoms with Crippen molar-refractivity contribution in [1.82, 2.24) is 24.6 Å². The van der Waals surface area contributed by atoms with Crippen molar-refractivity contribution in [2.24, 2.45) is 5.11 Å². The number of aromatic nitrogens is 4. The van der Waals surface area contributed by atoms with E-state index in [1.54, 1.807) is 48.7 Å². The Morgan fingerprint density at radius 3 is 2.68 bits per heavy atom. The van der Waals surface area contributed by atoms with Gasteiger partial charge in [-0.1, -0.05) is 18.2 Å². The lowest BCUT2D eigenvalue weighted by Crippen LogP contribution is -2.39. The van der Waals surface area contributed by atoms with Gasteiger partial charge in [0, 0.05) is 13.0 Å². The van der Waals surface area contributed by atoms with Crippen LogP contribution in [0, 0.1) is 5.53 Å². The monoisotopic (exact) mass is 532 g/mol. The van der Waals surface area contributed by atoms with Gasteiger partial charge in [0.1, 0.15) is 30.2 Å². The summed E-state index contributed by atoms with van der Waals surface area (Å²) in [7, 11) is -4.17. The highest BCUT2D eigenvalue weighted by Gasteiger charge is 2.35. The van der Waals surface area contributed by atoms with Gasteiger partial charge in [-0.15, -0.1) is 0 Å². The Balaban J connectivity index is 1.79. The van der Waals surface area contributed by atoms with Crippen LogP contribution in [0.4, 0.5) is 5.82 Å². The zero-order chi connectivity index (χ0) is 26.8. The highest BCUT2D eigenvalue weighted by Crippen LogP contribution is 2.45. The number of Topliss-reactive ketones (excluding diaryl/α,β-unsaturated/α-hetero) is 1. The Morgan fingerprint density at radius 2 is 1.97 bits per heavy atom. The Labute approximate surface area is 213 Å². The second kappa shape index (κ2) is 13.0. The summed E-state index contributed by atoms with van der Waals surface area (Å²) in [4.78, 5) is 36.9. The Hall–Kier alpha value is -3.74. The number of anilines is 1. The van der Waals surface area contributed by atoms with E-state index in [9.17, 15) is 14.2 Å². The van der Waals surface area contributed by atoms with Crippen LogP contribution >= 0.6 is 7.75 Å². The number of hydrogen-bond donors (Lipinski definition) is 3. The molecule has 2 atom stereocenters. The number of ketones is 1. The van der Waals surface area contributed by atoms with Crippen LogP contribution in [0.5, 0.6) is 5.75 Å². The van der Waals surface area contributed by atoms with Gasteiger partial charge in [-0.05, 0) is 32.4 Å². The molecule has 14 nitrogen and oxygen atoms in total. The maximum absolute atomic E-state index is 13.8. The average Bonchev–Trinajstić information content (AvgIpc) is 3.26. The largest absolute Gasteiger partial charge is 0.462 e. The number of para-hydroxylation sites is 1. The standard InChI is InChI=1S/C22H29N8O6P/c1-15(2)35-22(32)18(9-8-16(31)12-28-24)29-37(33,36-17-6-4-3-5-7-17)34-11-10-30-14-27-19-20(23)25-13-26-21(19)30/h3-7,13-15,18,24H,8-12H2,1-2H3,(H,29,33)(H2,23,25,26)/t18-,37?/m0/s1. The fraction of sp³-hybridized carbons (Fsp3) is 0.409. The molecule has 1 aromatic carbocycles. The predicted octanol–water partition coefficient (Wildman–Crippen LogP) is 2.90. The third-order valence-corrected chi connectivity index (χ3v) is 6.51. The van der Waals surface area contributed by atoms with Crippen LogP contribution in [-0.2, 0) is 30.0 Å². The van der Waals surface area contributed by atoms with Gasteiger partial charge in [0.05, 0.1) is 19.0 Å². The number of fused-ring (bicyclic) bond motifs is 1. The van der Waals surface area contributed by atoms with Crippen molar-refractivity contribution >= 4 is 36.5 Å². The number of carbonyl (C=O) groups is 2. The van der Waals surface area contributed by atoms with E-state index in [4.69, 9.17) is 25.0 Å². The minimum Gasteiger partial charge on any atom is -0.462 e. The normalized spacial score (nSPS) is 13.7. The highest BCUT2D eigenvalue weighted by atomic mass is 31.2. The van der Waals surface area contributed by atoms with E-state index >= 15 is 0 Å². The molecule has 1 unspecified atom stereocenters. The first kappa shape index (κ1) is 27.8. The third kappa shape index (κ3) is 8.13. The van der Waals surface area contributed by atoms with Crippen LogP contribution in [0.15, 0.2) is 48.1 Å². The first-order chi connectivity index (χ1) is 17.7. The minimum absolute atomic E-state index is 0.0617. The van der Waals surface area contributed by atoms with Crippen LogP contribution in [0.25, 0.3) is 11.2 Å². The van der Waals surface area contributed by atoms with Crippen LogP contribution < -0.4 is 15.3 Å². The summed E-state index contributed by atoms with van der Waals surface area (Å²) < 4.78 is 32.1. The zero-order valence-electron chi connectivity index (χ0n) is 20.4. The minimum atomic E-state index is -4.17. The van der Waals surface area contributed by atoms with Gasteiger partial charge >= 0.3 is 13.7 Å². The van der Waals surface area contributed by atoms with Crippen LogP contribution in [0.2, 0.25) is 0 Å². The lowest BCUT2D eigenvalue weighted by Gasteiger charge is -2.25. The Morgan fingerprint density at radius 1 is 1.22 bits per heavy atom. The molecule has 0 bridgehead atoms. The molecule has 0 spiro atoms. The lowest BCUT2D eigenvalue weighted by molar-refractivity contribution is -0.149. The Bertz CT molecular complexity index is 1270. The summed E-state index contributed by atoms with van der Waals surface area (Å²) in [5, 5.41) is 5.71. The number of nitrogen functional groups attached to an aromatic ring is 1. The van der Waals surface area contributed by atoms with Gasteiger partial charge in [-0.25, -0.2) is 25.0 Å². The van der Waals surface area contributed by atoms with Gasteiger partial charge in [-0.3, -0.25) is 14.1 Å². The molecule has 4 N–H and O–H groups in total. The van der Waals surface area contributed by atoms with Crippen molar-refractivity contribution in [2.45, 2.75) is 45.4 Å². The number of nitrogens with two attached hydrogens (primary N) is 1. The van der Waals surface area contributed by atoms with Gasteiger partial charge in [0.2, 0.25) is 0 Å². The molecule has 198 valence electrons. The second-order valence-electron chi connectivity index (χ2n) is 8.17. The molecule has 37 heavy (non-hydrogen) atoms. The topological polar surface area (TPSA) is 197 Å². The van der Waals surface area contributed by atoms with Crippen molar-refractivity contribution in [3.63, 3.8) is 0 Å². The quantitative estimate of drug-likeness (QED) is 0.148. The summed E-state index contributed by atoms with van der Waals surface area (Å²) >= 11 is 0. The van der Waals surface area contributed by atoms with E-state index in [1.165, 1.54) is 12.7 Å². The molecule has 0 saturated heterocycles. The molecule has 0 aliphatic rings. The summed E-state index contributed by atoms with van der Waals surface area (Å²) in [5.74, 6) is -0.610. The highest BCUT2D eigenvalue weighted by molar-refractivity contribution is 7.52. The average molecular weight is 532 g/mol. The fourth-order valence-electron chi connectivity index (χ4n) is 3.24. The molecule has 0 radical (unpaired) electrons. The van der Waals surface area contributed by atoms with Crippen molar-refractivity contribution in [1.29, 1.82) is 5.53 Å². The third-order valence-electron chi connectivity index (χ3n) is 4.91. The number of nitrogens with zero attached hydrogens (tertiary/aromatic N) is 5. The van der Waals surface area contributed by atoms with Gasteiger partial charge in [-0.2, -0.15) is 10.2 Å². The van der Waals surface area contributed by atoms with Gasteiger partial charge < -0.3 is 19.6 Å². The molecular weight excluding hydrogens is 503 g/mol. The molecule has 0 aliphatic carbocycles. The predicted molar refractivity (Wildman–Crippen MR) is 133 cm³/mol. The van der Waals surface area contributed by atoms with Crippen LogP contribution in [0.1, 0.15) is 26.7 Å². The van der Waals surface area contributed by atoms with Crippen molar-refractivity contribution in [3.8, 4) is 5.75 Å². The number of benzene rings is 1. The number of hydrogen-bond acceptors (Lipinski definition) is 12. The van der Waals surface area contributed by atoms with Gasteiger partial charge in [0.25, 0.3) is 0 Å². The first-order valence-electron chi connectivity index (χ1n) is 11.4. The maximum Gasteiger partial charge on any atom is 0.459 e. The molecule has 3 aromatic rings. The molecule has 2 heterocycles. The summed E-state index contributed by atoms with van der Waals surface area (Å²) in [6, 6.07) is 7.12. The molecule has 15 heteroatoms. The summed E-state index contributed by atoms with van der Waals surface area (Å²) in [5.41, 5.74) is 13.6. The smallest absolute Gasteiger partial charge is 0.459 e. The lowest BCUT2D eigenvalue weighted by atomic mass is 10.1. The van der Waals surface area contributed by atoms with Crippen molar-refractivity contribution in [2.75, 3.05) is 18.9 Å². The van der Waals surface area contributed by atoms with E-state index < -0.39 is 25.9 Å². The van der Waals surface area contributed by atoms with Crippen molar-refractivity contribution in [3.05, 3.63) is 43.0 Å². The van der Waals surface area contributed by atoms with Gasteiger partial charge in [0.15, 0.2) is 17.2 Å². The van der Waals surface area contributed by atoms with E-state index in [0.717, 1.165) is 0 Å².